The van der Waals surface area contributed by atoms with Crippen LogP contribution in [0.3, 0.4) is 0 Å². The lowest BCUT2D eigenvalue weighted by Crippen LogP contribution is -2.35. The number of piperidine rings is 1. The molecule has 1 aliphatic rings. The van der Waals surface area contributed by atoms with E-state index < -0.39 is 0 Å². The summed E-state index contributed by atoms with van der Waals surface area (Å²) in [6, 6.07) is 8.26. The van der Waals surface area contributed by atoms with Gasteiger partial charge in [0.15, 0.2) is 0 Å². The van der Waals surface area contributed by atoms with E-state index in [1.807, 2.05) is 6.07 Å². The largest absolute Gasteiger partial charge is 0.481 e. The second-order valence-electron chi connectivity index (χ2n) is 8.59. The number of nitrogens with one attached hydrogen (secondary N) is 1. The van der Waals surface area contributed by atoms with Gasteiger partial charge >= 0.3 is 0 Å². The molecule has 2 aromatic heterocycles. The molecule has 1 aromatic carbocycles. The van der Waals surface area contributed by atoms with Crippen LogP contribution in [0.15, 0.2) is 30.5 Å². The first-order valence-corrected chi connectivity index (χ1v) is 10.6. The maximum atomic E-state index is 12.7. The van der Waals surface area contributed by atoms with Crippen molar-refractivity contribution in [3.05, 3.63) is 53.0 Å². The first-order chi connectivity index (χ1) is 14.4. The lowest BCUT2D eigenvalue weighted by molar-refractivity contribution is -0.119. The smallest absolute Gasteiger partial charge is 0.212 e. The summed E-state index contributed by atoms with van der Waals surface area (Å²) in [6.45, 7) is 5.22. The van der Waals surface area contributed by atoms with Crippen LogP contribution in [-0.2, 0) is 11.2 Å². The molecule has 0 amide bonds. The number of pyridine rings is 1. The number of ketones is 1. The van der Waals surface area contributed by atoms with Crippen molar-refractivity contribution >= 4 is 16.8 Å². The number of likely N-dealkylation sites (tertiary alicyclic amines) is 1. The number of benzene rings is 1. The van der Waals surface area contributed by atoms with Gasteiger partial charge in [0.1, 0.15) is 11.6 Å². The summed E-state index contributed by atoms with van der Waals surface area (Å²) in [5.41, 5.74) is 5.58. The summed E-state index contributed by atoms with van der Waals surface area (Å²) < 4.78 is 5.08. The number of aryl methyl sites for hydroxylation is 2. The van der Waals surface area contributed by atoms with Crippen molar-refractivity contribution in [2.24, 2.45) is 5.92 Å². The molecule has 2 atom stereocenters. The Morgan fingerprint density at radius 3 is 2.80 bits per heavy atom. The maximum absolute atomic E-state index is 12.7. The fourth-order valence-corrected chi connectivity index (χ4v) is 4.37. The minimum absolute atomic E-state index is 0.215. The van der Waals surface area contributed by atoms with Crippen LogP contribution >= 0.6 is 0 Å². The molecule has 0 saturated carbocycles. The molecule has 1 N–H and O–H groups in total. The molecule has 1 fully saturated rings. The van der Waals surface area contributed by atoms with Crippen LogP contribution in [0.4, 0.5) is 0 Å². The first kappa shape index (κ1) is 20.5. The fraction of sp³-hybridized carbons (Fsp3) is 0.458. The molecule has 158 valence electrons. The standard InChI is InChI=1S/C24H30N4O2/c1-15-9-20-21(10-16(15)2)27-24(26-20)22-13-17(7-8-28(22)3)11-19(29)12-18-5-6-23(30-4)25-14-18/h5-6,9-10,14,17,22H,7-8,11-13H2,1-4H3,(H,26,27)/t17-,22+/m0/s1. The number of aromatic amines is 1. The fourth-order valence-electron chi connectivity index (χ4n) is 4.37. The third-order valence-corrected chi connectivity index (χ3v) is 6.33. The highest BCUT2D eigenvalue weighted by Crippen LogP contribution is 2.34. The van der Waals surface area contributed by atoms with Crippen molar-refractivity contribution in [1.29, 1.82) is 0 Å². The molecule has 1 aliphatic heterocycles. The van der Waals surface area contributed by atoms with E-state index in [9.17, 15) is 4.79 Å². The van der Waals surface area contributed by atoms with Gasteiger partial charge in [-0.05, 0) is 75.0 Å². The zero-order valence-corrected chi connectivity index (χ0v) is 18.2. The van der Waals surface area contributed by atoms with Crippen molar-refractivity contribution < 1.29 is 9.53 Å². The Bertz CT molecular complexity index is 1000. The number of nitrogens with zero attached hydrogens (tertiary/aromatic N) is 3. The van der Waals surface area contributed by atoms with Gasteiger partial charge < -0.3 is 9.72 Å². The summed E-state index contributed by atoms with van der Waals surface area (Å²) in [5.74, 6) is 2.22. The van der Waals surface area contributed by atoms with Crippen molar-refractivity contribution in [2.75, 3.05) is 20.7 Å². The number of hydrogen-bond donors (Lipinski definition) is 1. The number of imidazole rings is 1. The van der Waals surface area contributed by atoms with Crippen molar-refractivity contribution in [3.63, 3.8) is 0 Å². The molecular formula is C24H30N4O2. The average Bonchev–Trinajstić information content (AvgIpc) is 3.12. The van der Waals surface area contributed by atoms with E-state index in [4.69, 9.17) is 9.72 Å². The summed E-state index contributed by atoms with van der Waals surface area (Å²) in [5, 5.41) is 0. The number of fused-ring (bicyclic) bond motifs is 1. The minimum Gasteiger partial charge on any atom is -0.481 e. The van der Waals surface area contributed by atoms with E-state index in [0.29, 0.717) is 24.6 Å². The molecule has 0 unspecified atom stereocenters. The topological polar surface area (TPSA) is 71.1 Å². The quantitative estimate of drug-likeness (QED) is 0.665. The van der Waals surface area contributed by atoms with Crippen molar-refractivity contribution in [1.82, 2.24) is 19.9 Å². The Morgan fingerprint density at radius 1 is 1.27 bits per heavy atom. The Morgan fingerprint density at radius 2 is 2.07 bits per heavy atom. The van der Waals surface area contributed by atoms with Gasteiger partial charge in [0.25, 0.3) is 0 Å². The van der Waals surface area contributed by atoms with Gasteiger partial charge in [-0.15, -0.1) is 0 Å². The normalized spacial score (nSPS) is 19.9. The number of rotatable bonds is 6. The highest BCUT2D eigenvalue weighted by Gasteiger charge is 2.30. The predicted octanol–water partition coefficient (Wildman–Crippen LogP) is 4.17. The van der Waals surface area contributed by atoms with Gasteiger partial charge in [0.05, 0.1) is 24.2 Å². The van der Waals surface area contributed by atoms with Crippen LogP contribution in [0.5, 0.6) is 5.88 Å². The molecule has 3 heterocycles. The molecule has 3 aromatic rings. The Labute approximate surface area is 177 Å². The average molecular weight is 407 g/mol. The van der Waals surface area contributed by atoms with E-state index in [-0.39, 0.29) is 11.8 Å². The summed E-state index contributed by atoms with van der Waals surface area (Å²) >= 11 is 0. The number of methoxy groups -OCH3 is 1. The number of aromatic nitrogens is 3. The van der Waals surface area contributed by atoms with E-state index in [2.05, 4.69) is 47.9 Å². The zero-order chi connectivity index (χ0) is 21.3. The number of Topliss-reactive ketones (excluding diaryl/α,β-unsaturated/α-hetero) is 1. The zero-order valence-electron chi connectivity index (χ0n) is 18.2. The lowest BCUT2D eigenvalue weighted by Gasteiger charge is -2.35. The van der Waals surface area contributed by atoms with Crippen molar-refractivity contribution in [2.45, 2.75) is 45.6 Å². The molecule has 0 spiro atoms. The lowest BCUT2D eigenvalue weighted by atomic mass is 9.86. The highest BCUT2D eigenvalue weighted by atomic mass is 16.5. The second-order valence-corrected chi connectivity index (χ2v) is 8.59. The Hall–Kier alpha value is -2.73. The first-order valence-electron chi connectivity index (χ1n) is 10.6. The molecule has 30 heavy (non-hydrogen) atoms. The van der Waals surface area contributed by atoms with Crippen molar-refractivity contribution in [3.8, 4) is 5.88 Å². The number of carbonyl (C=O) groups excluding carboxylic acids is 1. The summed E-state index contributed by atoms with van der Waals surface area (Å²) in [6.07, 6.45) is 4.75. The molecule has 0 bridgehead atoms. The van der Waals surface area contributed by atoms with Crippen LogP contribution in [0, 0.1) is 19.8 Å². The van der Waals surface area contributed by atoms with Gasteiger partial charge in [0, 0.05) is 25.1 Å². The number of H-pyrrole nitrogens is 1. The van der Waals surface area contributed by atoms with Crippen LogP contribution in [0.25, 0.3) is 11.0 Å². The molecule has 1 saturated heterocycles. The van der Waals surface area contributed by atoms with Crippen LogP contribution < -0.4 is 4.74 Å². The molecular weight excluding hydrogens is 376 g/mol. The molecule has 0 radical (unpaired) electrons. The van der Waals surface area contributed by atoms with E-state index in [1.54, 1.807) is 19.4 Å². The predicted molar refractivity (Wildman–Crippen MR) is 118 cm³/mol. The highest BCUT2D eigenvalue weighted by molar-refractivity contribution is 5.81. The monoisotopic (exact) mass is 406 g/mol. The third-order valence-electron chi connectivity index (χ3n) is 6.33. The van der Waals surface area contributed by atoms with E-state index in [1.165, 1.54) is 11.1 Å². The Kier molecular flexibility index (Phi) is 5.86. The summed E-state index contributed by atoms with van der Waals surface area (Å²) in [4.78, 5) is 27.6. The number of carbonyl (C=O) groups is 1. The van der Waals surface area contributed by atoms with Crippen LogP contribution in [0.2, 0.25) is 0 Å². The van der Waals surface area contributed by atoms with Crippen LogP contribution in [0.1, 0.15) is 47.8 Å². The third kappa shape index (κ3) is 4.38. The number of hydrogen-bond acceptors (Lipinski definition) is 5. The molecule has 6 heteroatoms. The van der Waals surface area contributed by atoms with Gasteiger partial charge in [-0.2, -0.15) is 0 Å². The molecule has 4 rings (SSSR count). The Balaban J connectivity index is 1.43. The van der Waals surface area contributed by atoms with Gasteiger partial charge in [-0.25, -0.2) is 9.97 Å². The minimum atomic E-state index is 0.215. The van der Waals surface area contributed by atoms with E-state index in [0.717, 1.165) is 41.8 Å². The second kappa shape index (κ2) is 8.56. The van der Waals surface area contributed by atoms with Gasteiger partial charge in [0.2, 0.25) is 5.88 Å². The van der Waals surface area contributed by atoms with Gasteiger partial charge in [-0.1, -0.05) is 6.07 Å². The summed E-state index contributed by atoms with van der Waals surface area (Å²) in [7, 11) is 3.74. The SMILES string of the molecule is COc1ccc(CC(=O)C[C@@H]2CCN(C)[C@@H](c3nc4cc(C)c(C)cc4[nH]3)C2)cn1. The van der Waals surface area contributed by atoms with Gasteiger partial charge in [-0.3, -0.25) is 9.69 Å². The molecule has 6 nitrogen and oxygen atoms in total. The van der Waals surface area contributed by atoms with E-state index >= 15 is 0 Å². The molecule has 0 aliphatic carbocycles. The number of ether oxygens (including phenoxy) is 1. The van der Waals surface area contributed by atoms with Crippen LogP contribution in [-0.4, -0.2) is 46.3 Å². The maximum Gasteiger partial charge on any atom is 0.212 e.